The molecule has 1 N–H and O–H groups in total. The Morgan fingerprint density at radius 3 is 3.25 bits per heavy atom. The standard InChI is InChI=1S/C19H21N3O2/c1-2-13-3-5-16-14(12-24-17(16)9-13)10-19(23)21-15-4-6-18-20-7-8-22(18)11-15/h3,5,7-9,12,15H,2,4,6,10-11H2,1H3,(H,21,23). The molecular weight excluding hydrogens is 302 g/mol. The van der Waals surface area contributed by atoms with E-state index in [4.69, 9.17) is 4.42 Å². The Morgan fingerprint density at radius 1 is 1.46 bits per heavy atom. The molecule has 0 fully saturated rings. The van der Waals surface area contributed by atoms with Gasteiger partial charge in [0.2, 0.25) is 5.91 Å². The van der Waals surface area contributed by atoms with E-state index in [1.165, 1.54) is 5.56 Å². The van der Waals surface area contributed by atoms with Gasteiger partial charge < -0.3 is 14.3 Å². The third-order valence-electron chi connectivity index (χ3n) is 4.78. The number of imidazole rings is 1. The van der Waals surface area contributed by atoms with Crippen molar-refractivity contribution < 1.29 is 9.21 Å². The average Bonchev–Trinajstić information content (AvgIpc) is 3.21. The van der Waals surface area contributed by atoms with E-state index in [9.17, 15) is 4.79 Å². The average molecular weight is 323 g/mol. The van der Waals surface area contributed by atoms with Crippen LogP contribution in [0.3, 0.4) is 0 Å². The van der Waals surface area contributed by atoms with Crippen molar-refractivity contribution in [2.45, 2.75) is 45.2 Å². The highest BCUT2D eigenvalue weighted by Gasteiger charge is 2.21. The van der Waals surface area contributed by atoms with Crippen LogP contribution in [-0.4, -0.2) is 21.5 Å². The van der Waals surface area contributed by atoms with Crippen LogP contribution < -0.4 is 5.32 Å². The second-order valence-electron chi connectivity index (χ2n) is 6.42. The first kappa shape index (κ1) is 15.0. The van der Waals surface area contributed by atoms with Crippen LogP contribution in [0.2, 0.25) is 0 Å². The maximum atomic E-state index is 12.4. The lowest BCUT2D eigenvalue weighted by Crippen LogP contribution is -2.41. The normalized spacial score (nSPS) is 17.0. The molecule has 5 nitrogen and oxygen atoms in total. The van der Waals surface area contributed by atoms with E-state index in [-0.39, 0.29) is 11.9 Å². The third kappa shape index (κ3) is 2.82. The van der Waals surface area contributed by atoms with Crippen LogP contribution in [0.15, 0.2) is 41.3 Å². The Balaban J connectivity index is 1.43. The molecule has 2 aromatic heterocycles. The van der Waals surface area contributed by atoms with Crippen LogP contribution in [0.25, 0.3) is 11.0 Å². The van der Waals surface area contributed by atoms with Crippen LogP contribution in [-0.2, 0) is 30.6 Å². The molecule has 1 aromatic carbocycles. The zero-order valence-corrected chi connectivity index (χ0v) is 13.8. The monoisotopic (exact) mass is 323 g/mol. The predicted molar refractivity (Wildman–Crippen MR) is 91.8 cm³/mol. The van der Waals surface area contributed by atoms with Crippen LogP contribution in [0.5, 0.6) is 0 Å². The number of amides is 1. The number of aryl methyl sites for hydroxylation is 2. The second kappa shape index (κ2) is 6.15. The van der Waals surface area contributed by atoms with Gasteiger partial charge in [-0.3, -0.25) is 4.79 Å². The Labute approximate surface area is 140 Å². The fourth-order valence-electron chi connectivity index (χ4n) is 3.42. The summed E-state index contributed by atoms with van der Waals surface area (Å²) >= 11 is 0. The van der Waals surface area contributed by atoms with Crippen LogP contribution in [0, 0.1) is 0 Å². The first-order valence-electron chi connectivity index (χ1n) is 8.51. The summed E-state index contributed by atoms with van der Waals surface area (Å²) in [6.45, 7) is 2.92. The molecule has 3 aromatic rings. The highest BCUT2D eigenvalue weighted by atomic mass is 16.3. The molecule has 5 heteroatoms. The number of hydrogen-bond donors (Lipinski definition) is 1. The van der Waals surface area contributed by atoms with Gasteiger partial charge in [-0.15, -0.1) is 0 Å². The molecule has 0 spiro atoms. The number of rotatable bonds is 4. The van der Waals surface area contributed by atoms with Crippen molar-refractivity contribution in [2.24, 2.45) is 0 Å². The number of nitrogens with zero attached hydrogens (tertiary/aromatic N) is 2. The van der Waals surface area contributed by atoms with E-state index in [0.29, 0.717) is 6.42 Å². The highest BCUT2D eigenvalue weighted by molar-refractivity contribution is 5.88. The van der Waals surface area contributed by atoms with E-state index in [0.717, 1.165) is 48.2 Å². The lowest BCUT2D eigenvalue weighted by molar-refractivity contribution is -0.121. The number of nitrogens with one attached hydrogen (secondary N) is 1. The molecule has 0 saturated carbocycles. The maximum Gasteiger partial charge on any atom is 0.224 e. The smallest absolute Gasteiger partial charge is 0.224 e. The largest absolute Gasteiger partial charge is 0.464 e. The summed E-state index contributed by atoms with van der Waals surface area (Å²) in [5.74, 6) is 1.15. The van der Waals surface area contributed by atoms with Gasteiger partial charge in [0.1, 0.15) is 11.4 Å². The van der Waals surface area contributed by atoms with Crippen molar-refractivity contribution in [3.8, 4) is 0 Å². The minimum Gasteiger partial charge on any atom is -0.464 e. The molecule has 1 atom stereocenters. The summed E-state index contributed by atoms with van der Waals surface area (Å²) in [6.07, 6.45) is 8.68. The van der Waals surface area contributed by atoms with E-state index in [1.807, 2.05) is 12.4 Å². The molecular formula is C19H21N3O2. The van der Waals surface area contributed by atoms with Crippen molar-refractivity contribution in [3.63, 3.8) is 0 Å². The number of furan rings is 1. The molecule has 24 heavy (non-hydrogen) atoms. The maximum absolute atomic E-state index is 12.4. The zero-order valence-electron chi connectivity index (χ0n) is 13.8. The molecule has 0 aliphatic carbocycles. The Morgan fingerprint density at radius 2 is 2.38 bits per heavy atom. The zero-order chi connectivity index (χ0) is 16.5. The molecule has 3 heterocycles. The summed E-state index contributed by atoms with van der Waals surface area (Å²) in [5.41, 5.74) is 3.05. The van der Waals surface area contributed by atoms with Crippen molar-refractivity contribution in [1.29, 1.82) is 0 Å². The summed E-state index contributed by atoms with van der Waals surface area (Å²) in [6, 6.07) is 6.38. The molecule has 4 rings (SSSR count). The van der Waals surface area contributed by atoms with Gasteiger partial charge in [-0.2, -0.15) is 0 Å². The quantitative estimate of drug-likeness (QED) is 0.803. The Bertz CT molecular complexity index is 878. The Hall–Kier alpha value is -2.56. The lowest BCUT2D eigenvalue weighted by atomic mass is 10.0. The minimum atomic E-state index is 0.0471. The van der Waals surface area contributed by atoms with Gasteiger partial charge in [0.25, 0.3) is 0 Å². The van der Waals surface area contributed by atoms with Gasteiger partial charge in [-0.25, -0.2) is 4.98 Å². The van der Waals surface area contributed by atoms with Crippen LogP contribution >= 0.6 is 0 Å². The predicted octanol–water partition coefficient (Wildman–Crippen LogP) is 2.87. The summed E-state index contributed by atoms with van der Waals surface area (Å²) < 4.78 is 7.75. The van der Waals surface area contributed by atoms with E-state index in [1.54, 1.807) is 6.26 Å². The molecule has 0 radical (unpaired) electrons. The van der Waals surface area contributed by atoms with E-state index >= 15 is 0 Å². The molecule has 0 saturated heterocycles. The van der Waals surface area contributed by atoms with E-state index < -0.39 is 0 Å². The van der Waals surface area contributed by atoms with Gasteiger partial charge in [-0.05, 0) is 24.5 Å². The fourth-order valence-corrected chi connectivity index (χ4v) is 3.42. The topological polar surface area (TPSA) is 60.1 Å². The van der Waals surface area contributed by atoms with Crippen LogP contribution in [0.4, 0.5) is 0 Å². The molecule has 0 bridgehead atoms. The summed E-state index contributed by atoms with van der Waals surface area (Å²) in [4.78, 5) is 16.7. The molecule has 1 aliphatic rings. The number of benzene rings is 1. The van der Waals surface area contributed by atoms with Gasteiger partial charge >= 0.3 is 0 Å². The highest BCUT2D eigenvalue weighted by Crippen LogP contribution is 2.23. The van der Waals surface area contributed by atoms with Gasteiger partial charge in [-0.1, -0.05) is 19.1 Å². The van der Waals surface area contributed by atoms with Crippen molar-refractivity contribution in [2.75, 3.05) is 0 Å². The molecule has 1 aliphatic heterocycles. The molecule has 124 valence electrons. The number of fused-ring (bicyclic) bond motifs is 2. The van der Waals surface area contributed by atoms with Crippen LogP contribution in [0.1, 0.15) is 30.3 Å². The van der Waals surface area contributed by atoms with Crippen molar-refractivity contribution >= 4 is 16.9 Å². The van der Waals surface area contributed by atoms with Gasteiger partial charge in [0, 0.05) is 42.4 Å². The molecule has 1 unspecified atom stereocenters. The number of hydrogen-bond acceptors (Lipinski definition) is 3. The Kier molecular flexibility index (Phi) is 3.84. The first-order valence-corrected chi connectivity index (χ1v) is 8.51. The minimum absolute atomic E-state index is 0.0471. The number of carbonyl (C=O) groups excluding carboxylic acids is 1. The number of aromatic nitrogens is 2. The lowest BCUT2D eigenvalue weighted by Gasteiger charge is -2.24. The molecule has 1 amide bonds. The summed E-state index contributed by atoms with van der Waals surface area (Å²) in [7, 11) is 0. The van der Waals surface area contributed by atoms with Gasteiger partial charge in [0.05, 0.1) is 12.7 Å². The van der Waals surface area contributed by atoms with Crippen molar-refractivity contribution in [3.05, 3.63) is 53.8 Å². The SMILES string of the molecule is CCc1ccc2c(CC(=O)NC3CCc4nccn4C3)coc2c1. The van der Waals surface area contributed by atoms with Gasteiger partial charge in [0.15, 0.2) is 0 Å². The first-order chi connectivity index (χ1) is 11.7. The third-order valence-corrected chi connectivity index (χ3v) is 4.78. The number of carbonyl (C=O) groups is 1. The van der Waals surface area contributed by atoms with Crippen molar-refractivity contribution in [1.82, 2.24) is 14.9 Å². The fraction of sp³-hybridized carbons (Fsp3) is 0.368. The van der Waals surface area contributed by atoms with E-state index in [2.05, 4.69) is 40.0 Å². The second-order valence-corrected chi connectivity index (χ2v) is 6.42. The summed E-state index contributed by atoms with van der Waals surface area (Å²) in [5, 5.41) is 4.18.